The van der Waals surface area contributed by atoms with Crippen LogP contribution in [0.2, 0.25) is 5.02 Å². The molecule has 1 saturated heterocycles. The van der Waals surface area contributed by atoms with Gasteiger partial charge in [-0.1, -0.05) is 11.6 Å². The molecule has 1 amide bonds. The summed E-state index contributed by atoms with van der Waals surface area (Å²) >= 11 is 6.36. The van der Waals surface area contributed by atoms with Crippen LogP contribution in [-0.4, -0.2) is 63.4 Å². The molecule has 1 fully saturated rings. The highest BCUT2D eigenvalue weighted by Crippen LogP contribution is 2.29. The number of aliphatic imine (C=N–C) groups is 1. The number of halogens is 1. The molecular formula is C19H17ClN6O2. The molecule has 0 unspecified atom stereocenters. The van der Waals surface area contributed by atoms with Crippen LogP contribution in [0.15, 0.2) is 48.0 Å². The third kappa shape index (κ3) is 3.72. The van der Waals surface area contributed by atoms with Gasteiger partial charge in [-0.2, -0.15) is 0 Å². The Morgan fingerprint density at radius 3 is 2.54 bits per heavy atom. The Morgan fingerprint density at radius 1 is 1.11 bits per heavy atom. The number of carboxylic acid groups (broad SMARTS) is 1. The van der Waals surface area contributed by atoms with Crippen LogP contribution in [0.3, 0.4) is 0 Å². The molecule has 0 spiro atoms. The lowest BCUT2D eigenvalue weighted by Gasteiger charge is -2.35. The van der Waals surface area contributed by atoms with Crippen LogP contribution >= 0.6 is 11.6 Å². The molecule has 0 radical (unpaired) electrons. The zero-order valence-corrected chi connectivity index (χ0v) is 15.6. The van der Waals surface area contributed by atoms with Crippen molar-refractivity contribution in [1.29, 1.82) is 0 Å². The standard InChI is InChI=1S/C19H17ClN6O2/c20-14-10-16-15(22-3-4-23-16)9-13(14)11-24-17-12-21-2-1-18(17)25-5-7-26(8-6-25)19(27)28/h1-4,9-12H,5-8H2,(H,27,28). The van der Waals surface area contributed by atoms with Gasteiger partial charge >= 0.3 is 6.09 Å². The largest absolute Gasteiger partial charge is 0.465 e. The summed E-state index contributed by atoms with van der Waals surface area (Å²) < 4.78 is 0. The van der Waals surface area contributed by atoms with E-state index in [1.165, 1.54) is 4.90 Å². The Bertz CT molecular complexity index is 1050. The summed E-state index contributed by atoms with van der Waals surface area (Å²) in [7, 11) is 0. The first-order chi connectivity index (χ1) is 13.6. The Balaban J connectivity index is 1.59. The number of carbonyl (C=O) groups is 1. The van der Waals surface area contributed by atoms with Gasteiger partial charge in [0, 0.05) is 56.5 Å². The van der Waals surface area contributed by atoms with Crippen LogP contribution in [0.4, 0.5) is 16.2 Å². The molecular weight excluding hydrogens is 380 g/mol. The van der Waals surface area contributed by atoms with Crippen molar-refractivity contribution < 1.29 is 9.90 Å². The van der Waals surface area contributed by atoms with Gasteiger partial charge in [0.05, 0.1) is 27.9 Å². The molecule has 1 N–H and O–H groups in total. The zero-order valence-electron chi connectivity index (χ0n) is 14.9. The summed E-state index contributed by atoms with van der Waals surface area (Å²) in [5.41, 5.74) is 3.81. The minimum atomic E-state index is -0.887. The van der Waals surface area contributed by atoms with E-state index in [2.05, 4.69) is 24.8 Å². The summed E-state index contributed by atoms with van der Waals surface area (Å²) in [6.45, 7) is 2.11. The maximum absolute atomic E-state index is 11.1. The van der Waals surface area contributed by atoms with Gasteiger partial charge in [0.15, 0.2) is 0 Å². The van der Waals surface area contributed by atoms with Crippen LogP contribution in [0.5, 0.6) is 0 Å². The van der Waals surface area contributed by atoms with Crippen molar-refractivity contribution in [2.45, 2.75) is 0 Å². The first-order valence-corrected chi connectivity index (χ1v) is 9.11. The lowest BCUT2D eigenvalue weighted by Crippen LogP contribution is -2.48. The van der Waals surface area contributed by atoms with E-state index in [1.807, 2.05) is 12.1 Å². The Morgan fingerprint density at radius 2 is 1.82 bits per heavy atom. The van der Waals surface area contributed by atoms with Gasteiger partial charge in [0.1, 0.15) is 5.69 Å². The number of hydrogen-bond acceptors (Lipinski definition) is 6. The van der Waals surface area contributed by atoms with Gasteiger partial charge in [0.25, 0.3) is 0 Å². The normalized spacial score (nSPS) is 14.8. The predicted octanol–water partition coefficient (Wildman–Crippen LogP) is 3.23. The molecule has 142 valence electrons. The number of benzene rings is 1. The second kappa shape index (κ2) is 7.77. The van der Waals surface area contributed by atoms with Crippen LogP contribution < -0.4 is 4.90 Å². The zero-order chi connectivity index (χ0) is 19.5. The Kier molecular flexibility index (Phi) is 5.03. The molecule has 1 aromatic carbocycles. The average Bonchev–Trinajstić information content (AvgIpc) is 2.72. The highest BCUT2D eigenvalue weighted by molar-refractivity contribution is 6.33. The molecule has 4 rings (SSSR count). The second-order valence-electron chi connectivity index (χ2n) is 6.30. The molecule has 3 aromatic rings. The van der Waals surface area contributed by atoms with Gasteiger partial charge in [-0.15, -0.1) is 0 Å². The summed E-state index contributed by atoms with van der Waals surface area (Å²) in [4.78, 5) is 31.9. The number of fused-ring (bicyclic) bond motifs is 1. The van der Waals surface area contributed by atoms with E-state index in [4.69, 9.17) is 16.7 Å². The third-order valence-electron chi connectivity index (χ3n) is 4.60. The molecule has 0 bridgehead atoms. The quantitative estimate of drug-likeness (QED) is 0.683. The minimum Gasteiger partial charge on any atom is -0.465 e. The molecule has 0 atom stereocenters. The number of rotatable bonds is 3. The van der Waals surface area contributed by atoms with Crippen molar-refractivity contribution in [3.05, 3.63) is 53.6 Å². The van der Waals surface area contributed by atoms with E-state index in [1.54, 1.807) is 37.1 Å². The molecule has 28 heavy (non-hydrogen) atoms. The van der Waals surface area contributed by atoms with Crippen molar-refractivity contribution in [2.75, 3.05) is 31.1 Å². The monoisotopic (exact) mass is 396 g/mol. The number of nitrogens with zero attached hydrogens (tertiary/aromatic N) is 6. The highest BCUT2D eigenvalue weighted by atomic mass is 35.5. The third-order valence-corrected chi connectivity index (χ3v) is 4.93. The van der Waals surface area contributed by atoms with Crippen molar-refractivity contribution in [2.24, 2.45) is 4.99 Å². The molecule has 0 aliphatic carbocycles. The number of pyridine rings is 1. The first-order valence-electron chi connectivity index (χ1n) is 8.73. The molecule has 3 heterocycles. The van der Waals surface area contributed by atoms with Gasteiger partial charge in [-0.25, -0.2) is 4.79 Å². The van der Waals surface area contributed by atoms with Crippen LogP contribution in [-0.2, 0) is 0 Å². The molecule has 0 saturated carbocycles. The van der Waals surface area contributed by atoms with Crippen LogP contribution in [0.25, 0.3) is 11.0 Å². The smallest absolute Gasteiger partial charge is 0.407 e. The highest BCUT2D eigenvalue weighted by Gasteiger charge is 2.21. The molecule has 9 heteroatoms. The summed E-state index contributed by atoms with van der Waals surface area (Å²) in [5, 5.41) is 9.65. The number of aromatic nitrogens is 3. The second-order valence-corrected chi connectivity index (χ2v) is 6.71. The van der Waals surface area contributed by atoms with E-state index >= 15 is 0 Å². The SMILES string of the molecule is O=C(O)N1CCN(c2ccncc2N=Cc2cc3nccnc3cc2Cl)CC1. The number of amides is 1. The van der Waals surface area contributed by atoms with E-state index in [0.29, 0.717) is 36.9 Å². The predicted molar refractivity (Wildman–Crippen MR) is 108 cm³/mol. The van der Waals surface area contributed by atoms with Crippen molar-refractivity contribution in [3.63, 3.8) is 0 Å². The molecule has 2 aromatic heterocycles. The van der Waals surface area contributed by atoms with Crippen molar-refractivity contribution in [3.8, 4) is 0 Å². The van der Waals surface area contributed by atoms with Gasteiger partial charge in [-0.05, 0) is 18.2 Å². The lowest BCUT2D eigenvalue weighted by molar-refractivity contribution is 0.142. The molecule has 1 aliphatic heterocycles. The van der Waals surface area contributed by atoms with Gasteiger partial charge in [0.2, 0.25) is 0 Å². The minimum absolute atomic E-state index is 0.454. The summed E-state index contributed by atoms with van der Waals surface area (Å²) in [5.74, 6) is 0. The van der Waals surface area contributed by atoms with E-state index in [9.17, 15) is 4.79 Å². The van der Waals surface area contributed by atoms with E-state index in [-0.39, 0.29) is 0 Å². The summed E-state index contributed by atoms with van der Waals surface area (Å²) in [6, 6.07) is 5.49. The molecule has 1 aliphatic rings. The Labute approximate surface area is 166 Å². The number of hydrogen-bond donors (Lipinski definition) is 1. The van der Waals surface area contributed by atoms with E-state index in [0.717, 1.165) is 22.3 Å². The number of anilines is 1. The summed E-state index contributed by atoms with van der Waals surface area (Å²) in [6.07, 6.45) is 7.44. The average molecular weight is 397 g/mol. The van der Waals surface area contributed by atoms with Crippen LogP contribution in [0, 0.1) is 0 Å². The maximum Gasteiger partial charge on any atom is 0.407 e. The fourth-order valence-electron chi connectivity index (χ4n) is 3.12. The Hall–Kier alpha value is -3.26. The first kappa shape index (κ1) is 18.1. The number of piperazine rings is 1. The van der Waals surface area contributed by atoms with Crippen LogP contribution in [0.1, 0.15) is 5.56 Å². The van der Waals surface area contributed by atoms with E-state index < -0.39 is 6.09 Å². The topological polar surface area (TPSA) is 94.8 Å². The fraction of sp³-hybridized carbons (Fsp3) is 0.211. The molecule has 8 nitrogen and oxygen atoms in total. The lowest BCUT2D eigenvalue weighted by atomic mass is 10.2. The maximum atomic E-state index is 11.1. The van der Waals surface area contributed by atoms with Crippen molar-refractivity contribution >= 4 is 46.3 Å². The van der Waals surface area contributed by atoms with Crippen molar-refractivity contribution in [1.82, 2.24) is 19.9 Å². The van der Waals surface area contributed by atoms with Gasteiger partial charge < -0.3 is 14.9 Å². The fourth-order valence-corrected chi connectivity index (χ4v) is 3.33. The van der Waals surface area contributed by atoms with Gasteiger partial charge in [-0.3, -0.25) is 19.9 Å².